The van der Waals surface area contributed by atoms with Gasteiger partial charge >= 0.3 is 5.97 Å². The van der Waals surface area contributed by atoms with Crippen molar-refractivity contribution in [2.75, 3.05) is 18.0 Å². The molecule has 0 saturated carbocycles. The van der Waals surface area contributed by atoms with Crippen molar-refractivity contribution in [3.05, 3.63) is 65.5 Å². The van der Waals surface area contributed by atoms with Gasteiger partial charge in [0, 0.05) is 30.4 Å². The lowest BCUT2D eigenvalue weighted by Crippen LogP contribution is -2.39. The van der Waals surface area contributed by atoms with E-state index >= 15 is 0 Å². The molecule has 1 amide bonds. The van der Waals surface area contributed by atoms with Crippen LogP contribution in [0.4, 0.5) is 10.1 Å². The van der Waals surface area contributed by atoms with Gasteiger partial charge in [-0.15, -0.1) is 0 Å². The molecular formula is C24H29FN2O3. The van der Waals surface area contributed by atoms with Gasteiger partial charge in [0.1, 0.15) is 12.4 Å². The number of rotatable bonds is 8. The lowest BCUT2D eigenvalue weighted by molar-refractivity contribution is -0.144. The number of halogens is 1. The highest BCUT2D eigenvalue weighted by Crippen LogP contribution is 2.28. The second-order valence-electron chi connectivity index (χ2n) is 7.60. The summed E-state index contributed by atoms with van der Waals surface area (Å²) in [6, 6.07) is 14.2. The molecule has 0 bridgehead atoms. The van der Waals surface area contributed by atoms with Crippen LogP contribution in [0.15, 0.2) is 48.5 Å². The zero-order chi connectivity index (χ0) is 21.3. The van der Waals surface area contributed by atoms with Crippen LogP contribution in [0.5, 0.6) is 0 Å². The molecule has 2 aromatic carbocycles. The highest BCUT2D eigenvalue weighted by Gasteiger charge is 2.22. The third kappa shape index (κ3) is 6.05. The van der Waals surface area contributed by atoms with Crippen molar-refractivity contribution in [2.24, 2.45) is 0 Å². The Morgan fingerprint density at radius 1 is 1.17 bits per heavy atom. The second kappa shape index (κ2) is 10.8. The normalized spacial score (nSPS) is 16.2. The molecule has 1 aliphatic rings. The number of ether oxygens (including phenoxy) is 1. The van der Waals surface area contributed by atoms with Gasteiger partial charge in [-0.2, -0.15) is 0 Å². The number of hydrogen-bond donors (Lipinski definition) is 1. The van der Waals surface area contributed by atoms with E-state index in [1.165, 1.54) is 18.6 Å². The first-order valence-corrected chi connectivity index (χ1v) is 10.6. The van der Waals surface area contributed by atoms with Gasteiger partial charge < -0.3 is 15.0 Å². The van der Waals surface area contributed by atoms with Crippen molar-refractivity contribution in [2.45, 2.75) is 51.7 Å². The van der Waals surface area contributed by atoms with Gasteiger partial charge in [0.25, 0.3) is 5.91 Å². The number of carbonyl (C=O) groups is 2. The second-order valence-corrected chi connectivity index (χ2v) is 7.60. The van der Waals surface area contributed by atoms with Crippen LogP contribution in [0.25, 0.3) is 0 Å². The fourth-order valence-corrected chi connectivity index (χ4v) is 3.83. The van der Waals surface area contributed by atoms with Crippen LogP contribution in [0.3, 0.4) is 0 Å². The van der Waals surface area contributed by atoms with Gasteiger partial charge in [0.05, 0.1) is 6.42 Å². The van der Waals surface area contributed by atoms with E-state index in [2.05, 4.69) is 17.1 Å². The Kier molecular flexibility index (Phi) is 7.82. The molecular weight excluding hydrogens is 383 g/mol. The number of nitrogens with one attached hydrogen (secondary N) is 1. The SMILES string of the molecule is CCC1CCCCN1c1cc(F)cc(C(=O)NCCC(=O)OCc2ccccc2)c1. The molecule has 1 aliphatic heterocycles. The first-order valence-electron chi connectivity index (χ1n) is 10.6. The number of benzene rings is 2. The van der Waals surface area contributed by atoms with Gasteiger partial charge in [0.2, 0.25) is 0 Å². The molecule has 5 nitrogen and oxygen atoms in total. The number of hydrogen-bond acceptors (Lipinski definition) is 4. The van der Waals surface area contributed by atoms with Crippen molar-refractivity contribution in [1.29, 1.82) is 0 Å². The number of nitrogens with zero attached hydrogens (tertiary/aromatic N) is 1. The van der Waals surface area contributed by atoms with E-state index in [0.29, 0.717) is 6.04 Å². The maximum Gasteiger partial charge on any atom is 0.307 e. The van der Waals surface area contributed by atoms with Crippen molar-refractivity contribution < 1.29 is 18.7 Å². The quantitative estimate of drug-likeness (QED) is 0.651. The summed E-state index contributed by atoms with van der Waals surface area (Å²) in [5, 5.41) is 2.69. The maximum atomic E-state index is 14.2. The lowest BCUT2D eigenvalue weighted by atomic mass is 9.98. The van der Waals surface area contributed by atoms with E-state index in [4.69, 9.17) is 4.74 Å². The topological polar surface area (TPSA) is 58.6 Å². The van der Waals surface area contributed by atoms with E-state index < -0.39 is 17.7 Å². The number of carbonyl (C=O) groups excluding carboxylic acids is 2. The summed E-state index contributed by atoms with van der Waals surface area (Å²) in [4.78, 5) is 26.6. The first kappa shape index (κ1) is 21.8. The Hall–Kier alpha value is -2.89. The highest BCUT2D eigenvalue weighted by molar-refractivity contribution is 5.95. The van der Waals surface area contributed by atoms with Crippen molar-refractivity contribution in [3.63, 3.8) is 0 Å². The zero-order valence-electron chi connectivity index (χ0n) is 17.4. The highest BCUT2D eigenvalue weighted by atomic mass is 19.1. The van der Waals surface area contributed by atoms with E-state index in [0.717, 1.165) is 37.1 Å². The summed E-state index contributed by atoms with van der Waals surface area (Å²) in [5.74, 6) is -1.21. The van der Waals surface area contributed by atoms with Crippen LogP contribution in [0.1, 0.15) is 54.9 Å². The van der Waals surface area contributed by atoms with Crippen LogP contribution >= 0.6 is 0 Å². The first-order chi connectivity index (χ1) is 14.6. The molecule has 1 atom stereocenters. The predicted octanol–water partition coefficient (Wildman–Crippen LogP) is 4.46. The molecule has 1 unspecified atom stereocenters. The van der Waals surface area contributed by atoms with E-state index in [1.54, 1.807) is 6.07 Å². The molecule has 0 aromatic heterocycles. The van der Waals surface area contributed by atoms with E-state index in [-0.39, 0.29) is 25.1 Å². The Morgan fingerprint density at radius 3 is 2.73 bits per heavy atom. The summed E-state index contributed by atoms with van der Waals surface area (Å²) < 4.78 is 19.4. The number of anilines is 1. The van der Waals surface area contributed by atoms with Crippen LogP contribution < -0.4 is 10.2 Å². The van der Waals surface area contributed by atoms with Crippen LogP contribution in [0.2, 0.25) is 0 Å². The number of amides is 1. The van der Waals surface area contributed by atoms with Crippen LogP contribution in [0, 0.1) is 5.82 Å². The smallest absolute Gasteiger partial charge is 0.307 e. The van der Waals surface area contributed by atoms with Crippen LogP contribution in [-0.4, -0.2) is 31.0 Å². The van der Waals surface area contributed by atoms with Gasteiger partial charge in [-0.1, -0.05) is 37.3 Å². The third-order valence-electron chi connectivity index (χ3n) is 5.43. The minimum atomic E-state index is -0.430. The van der Waals surface area contributed by atoms with Crippen molar-refractivity contribution >= 4 is 17.6 Å². The summed E-state index contributed by atoms with van der Waals surface area (Å²) in [5.41, 5.74) is 1.92. The molecule has 1 saturated heterocycles. The maximum absolute atomic E-state index is 14.2. The molecule has 30 heavy (non-hydrogen) atoms. The van der Waals surface area contributed by atoms with E-state index in [1.807, 2.05) is 30.3 Å². The third-order valence-corrected chi connectivity index (χ3v) is 5.43. The summed E-state index contributed by atoms with van der Waals surface area (Å²) >= 11 is 0. The number of piperidine rings is 1. The Labute approximate surface area is 177 Å². The fourth-order valence-electron chi connectivity index (χ4n) is 3.83. The molecule has 3 rings (SSSR count). The van der Waals surface area contributed by atoms with Gasteiger partial charge in [-0.05, 0) is 49.4 Å². The summed E-state index contributed by atoms with van der Waals surface area (Å²) in [7, 11) is 0. The predicted molar refractivity (Wildman–Crippen MR) is 115 cm³/mol. The lowest BCUT2D eigenvalue weighted by Gasteiger charge is -2.37. The standard InChI is InChI=1S/C24H29FN2O3/c1-2-21-10-6-7-13-27(21)22-15-19(14-20(25)16-22)24(29)26-12-11-23(28)30-17-18-8-4-3-5-9-18/h3-5,8-9,14-16,21H,2,6-7,10-13,17H2,1H3,(H,26,29). The Bertz CT molecular complexity index is 857. The van der Waals surface area contributed by atoms with Gasteiger partial charge in [0.15, 0.2) is 0 Å². The largest absolute Gasteiger partial charge is 0.461 e. The molecule has 0 radical (unpaired) electrons. The Morgan fingerprint density at radius 2 is 1.97 bits per heavy atom. The average Bonchev–Trinajstić information content (AvgIpc) is 2.77. The molecule has 1 fully saturated rings. The summed E-state index contributed by atoms with van der Waals surface area (Å²) in [6.07, 6.45) is 4.38. The van der Waals surface area contributed by atoms with Crippen LogP contribution in [-0.2, 0) is 16.1 Å². The molecule has 2 aromatic rings. The van der Waals surface area contributed by atoms with Gasteiger partial charge in [-0.25, -0.2) is 4.39 Å². The molecule has 160 valence electrons. The molecule has 1 N–H and O–H groups in total. The zero-order valence-corrected chi connectivity index (χ0v) is 17.4. The molecule has 0 aliphatic carbocycles. The van der Waals surface area contributed by atoms with Crippen molar-refractivity contribution in [3.8, 4) is 0 Å². The molecule has 1 heterocycles. The monoisotopic (exact) mass is 412 g/mol. The van der Waals surface area contributed by atoms with E-state index in [9.17, 15) is 14.0 Å². The minimum absolute atomic E-state index is 0.0603. The minimum Gasteiger partial charge on any atom is -0.461 e. The molecule has 6 heteroatoms. The molecule has 0 spiro atoms. The number of esters is 1. The Balaban J connectivity index is 1.52. The average molecular weight is 413 g/mol. The fraction of sp³-hybridized carbons (Fsp3) is 0.417. The summed E-state index contributed by atoms with van der Waals surface area (Å²) in [6.45, 7) is 3.35. The van der Waals surface area contributed by atoms with Gasteiger partial charge in [-0.3, -0.25) is 9.59 Å². The van der Waals surface area contributed by atoms with Crippen molar-refractivity contribution in [1.82, 2.24) is 5.32 Å².